The summed E-state index contributed by atoms with van der Waals surface area (Å²) in [7, 11) is 1.92. The zero-order valence-electron chi connectivity index (χ0n) is 10.8. The molecule has 1 amide bonds. The number of nitrogens with zero attached hydrogens (tertiary/aromatic N) is 1. The zero-order valence-corrected chi connectivity index (χ0v) is 10.8. The summed E-state index contributed by atoms with van der Waals surface area (Å²) < 4.78 is 5.44. The Morgan fingerprint density at radius 1 is 1.47 bits per heavy atom. The molecule has 4 heteroatoms. The Labute approximate surface area is 104 Å². The van der Waals surface area contributed by atoms with Crippen LogP contribution in [0, 0.1) is 5.92 Å². The number of carbonyl (C=O) groups excluding carboxylic acids is 1. The van der Waals surface area contributed by atoms with Crippen molar-refractivity contribution in [2.24, 2.45) is 5.92 Å². The Balaban J connectivity index is 1.77. The molecule has 0 spiro atoms. The molecule has 1 unspecified atom stereocenters. The lowest BCUT2D eigenvalue weighted by molar-refractivity contribution is -0.140. The largest absolute Gasteiger partial charge is 0.377 e. The maximum atomic E-state index is 12.2. The molecular formula is C13H24N2O2. The van der Waals surface area contributed by atoms with Crippen LogP contribution in [0.3, 0.4) is 0 Å². The molecule has 2 fully saturated rings. The summed E-state index contributed by atoms with van der Waals surface area (Å²) in [4.78, 5) is 14.2. The van der Waals surface area contributed by atoms with Gasteiger partial charge < -0.3 is 15.0 Å². The van der Waals surface area contributed by atoms with E-state index in [-0.39, 0.29) is 6.04 Å². The molecule has 1 atom stereocenters. The van der Waals surface area contributed by atoms with Crippen LogP contribution in [0.25, 0.3) is 0 Å². The maximum absolute atomic E-state index is 12.2. The van der Waals surface area contributed by atoms with Gasteiger partial charge >= 0.3 is 0 Å². The highest BCUT2D eigenvalue weighted by Crippen LogP contribution is 2.30. The number of morpholine rings is 1. The first-order valence-corrected chi connectivity index (χ1v) is 6.83. The standard InChI is InChI=1S/C13H24N2O2/c1-14-9-12-10-17-8-7-15(12)13(16)6-5-11-3-2-4-11/h11-12,14H,2-10H2,1H3. The lowest BCUT2D eigenvalue weighted by atomic mass is 9.82. The number of hydrogen-bond donors (Lipinski definition) is 1. The summed E-state index contributed by atoms with van der Waals surface area (Å²) in [6.07, 6.45) is 5.83. The van der Waals surface area contributed by atoms with Gasteiger partial charge in [-0.3, -0.25) is 4.79 Å². The minimum Gasteiger partial charge on any atom is -0.377 e. The molecule has 1 aliphatic heterocycles. The topological polar surface area (TPSA) is 41.6 Å². The number of ether oxygens (including phenoxy) is 1. The molecule has 0 aromatic rings. The van der Waals surface area contributed by atoms with E-state index in [1.807, 2.05) is 11.9 Å². The van der Waals surface area contributed by atoms with Crippen molar-refractivity contribution in [3.8, 4) is 0 Å². The molecule has 1 aliphatic carbocycles. The molecule has 98 valence electrons. The van der Waals surface area contributed by atoms with Gasteiger partial charge in [-0.15, -0.1) is 0 Å². The smallest absolute Gasteiger partial charge is 0.223 e. The summed E-state index contributed by atoms with van der Waals surface area (Å²) in [5, 5.41) is 3.14. The van der Waals surface area contributed by atoms with Crippen LogP contribution in [0.4, 0.5) is 0 Å². The van der Waals surface area contributed by atoms with Crippen molar-refractivity contribution in [1.29, 1.82) is 0 Å². The van der Waals surface area contributed by atoms with Gasteiger partial charge in [-0.25, -0.2) is 0 Å². The predicted octanol–water partition coefficient (Wildman–Crippen LogP) is 1.01. The molecule has 17 heavy (non-hydrogen) atoms. The number of amides is 1. The first-order valence-electron chi connectivity index (χ1n) is 6.83. The second-order valence-corrected chi connectivity index (χ2v) is 5.21. The van der Waals surface area contributed by atoms with Crippen LogP contribution in [0.1, 0.15) is 32.1 Å². The molecule has 0 aromatic heterocycles. The van der Waals surface area contributed by atoms with E-state index < -0.39 is 0 Å². The minimum absolute atomic E-state index is 0.225. The average Bonchev–Trinajstić information content (AvgIpc) is 2.28. The van der Waals surface area contributed by atoms with Crippen LogP contribution in [-0.2, 0) is 9.53 Å². The fraction of sp³-hybridized carbons (Fsp3) is 0.923. The second-order valence-electron chi connectivity index (χ2n) is 5.21. The third-order valence-corrected chi connectivity index (χ3v) is 3.98. The van der Waals surface area contributed by atoms with Gasteiger partial charge in [-0.1, -0.05) is 19.3 Å². The van der Waals surface area contributed by atoms with Crippen molar-refractivity contribution in [1.82, 2.24) is 10.2 Å². The summed E-state index contributed by atoms with van der Waals surface area (Å²) >= 11 is 0. The monoisotopic (exact) mass is 240 g/mol. The number of carbonyl (C=O) groups is 1. The molecule has 1 saturated carbocycles. The Morgan fingerprint density at radius 3 is 2.94 bits per heavy atom. The fourth-order valence-corrected chi connectivity index (χ4v) is 2.64. The normalized spacial score (nSPS) is 25.7. The Hall–Kier alpha value is -0.610. The number of hydrogen-bond acceptors (Lipinski definition) is 3. The summed E-state index contributed by atoms with van der Waals surface area (Å²) in [5.74, 6) is 1.14. The van der Waals surface area contributed by atoms with Gasteiger partial charge in [0.05, 0.1) is 19.3 Å². The van der Waals surface area contributed by atoms with Crippen molar-refractivity contribution in [3.63, 3.8) is 0 Å². The average molecular weight is 240 g/mol. The van der Waals surface area contributed by atoms with Gasteiger partial charge in [-0.2, -0.15) is 0 Å². The van der Waals surface area contributed by atoms with Gasteiger partial charge in [0.1, 0.15) is 0 Å². The first kappa shape index (κ1) is 12.8. The third-order valence-electron chi connectivity index (χ3n) is 3.98. The number of nitrogens with one attached hydrogen (secondary N) is 1. The number of likely N-dealkylation sites (N-methyl/N-ethyl adjacent to an activating group) is 1. The lowest BCUT2D eigenvalue weighted by Crippen LogP contribution is -2.52. The molecule has 1 N–H and O–H groups in total. The Bertz CT molecular complexity index is 252. The van der Waals surface area contributed by atoms with E-state index in [1.54, 1.807) is 0 Å². The second kappa shape index (κ2) is 6.36. The molecule has 0 aromatic carbocycles. The van der Waals surface area contributed by atoms with Crippen molar-refractivity contribution >= 4 is 5.91 Å². The molecule has 2 aliphatic rings. The van der Waals surface area contributed by atoms with Crippen molar-refractivity contribution in [2.45, 2.75) is 38.1 Å². The number of rotatable bonds is 5. The molecule has 1 saturated heterocycles. The summed E-state index contributed by atoms with van der Waals surface area (Å²) in [6, 6.07) is 0.225. The van der Waals surface area contributed by atoms with Crippen LogP contribution >= 0.6 is 0 Å². The molecule has 0 radical (unpaired) electrons. The fourth-order valence-electron chi connectivity index (χ4n) is 2.64. The van der Waals surface area contributed by atoms with Crippen LogP contribution < -0.4 is 5.32 Å². The van der Waals surface area contributed by atoms with Crippen molar-refractivity contribution < 1.29 is 9.53 Å². The van der Waals surface area contributed by atoms with Crippen molar-refractivity contribution in [2.75, 3.05) is 33.4 Å². The van der Waals surface area contributed by atoms with Crippen LogP contribution in [0.5, 0.6) is 0 Å². The van der Waals surface area contributed by atoms with E-state index >= 15 is 0 Å². The molecule has 4 nitrogen and oxygen atoms in total. The Morgan fingerprint density at radius 2 is 2.29 bits per heavy atom. The molecule has 1 heterocycles. The van der Waals surface area contributed by atoms with Crippen molar-refractivity contribution in [3.05, 3.63) is 0 Å². The summed E-state index contributed by atoms with van der Waals surface area (Å²) in [6.45, 7) is 2.95. The molecular weight excluding hydrogens is 216 g/mol. The molecule has 0 bridgehead atoms. The van der Waals surface area contributed by atoms with E-state index in [0.29, 0.717) is 19.1 Å². The highest BCUT2D eigenvalue weighted by atomic mass is 16.5. The van der Waals surface area contributed by atoms with Gasteiger partial charge in [-0.05, 0) is 19.4 Å². The lowest BCUT2D eigenvalue weighted by Gasteiger charge is -2.36. The molecule has 2 rings (SSSR count). The minimum atomic E-state index is 0.225. The Kier molecular flexibility index (Phi) is 4.80. The van der Waals surface area contributed by atoms with E-state index in [2.05, 4.69) is 5.32 Å². The summed E-state index contributed by atoms with van der Waals surface area (Å²) in [5.41, 5.74) is 0. The predicted molar refractivity (Wildman–Crippen MR) is 66.8 cm³/mol. The SMILES string of the molecule is CNCC1COCCN1C(=O)CCC1CCC1. The van der Waals surface area contributed by atoms with Gasteiger partial charge in [0.2, 0.25) is 5.91 Å². The van der Waals surface area contributed by atoms with E-state index in [9.17, 15) is 4.79 Å². The van der Waals surface area contributed by atoms with Crippen LogP contribution in [-0.4, -0.2) is 50.2 Å². The van der Waals surface area contributed by atoms with E-state index in [0.717, 1.165) is 31.8 Å². The van der Waals surface area contributed by atoms with Gasteiger partial charge in [0, 0.05) is 19.5 Å². The first-order chi connectivity index (χ1) is 8.31. The van der Waals surface area contributed by atoms with Gasteiger partial charge in [0.15, 0.2) is 0 Å². The van der Waals surface area contributed by atoms with Crippen LogP contribution in [0.2, 0.25) is 0 Å². The highest BCUT2D eigenvalue weighted by Gasteiger charge is 2.27. The quantitative estimate of drug-likeness (QED) is 0.780. The highest BCUT2D eigenvalue weighted by molar-refractivity contribution is 5.76. The maximum Gasteiger partial charge on any atom is 0.223 e. The van der Waals surface area contributed by atoms with E-state index in [4.69, 9.17) is 4.74 Å². The zero-order chi connectivity index (χ0) is 12.1. The third kappa shape index (κ3) is 3.42. The van der Waals surface area contributed by atoms with E-state index in [1.165, 1.54) is 19.3 Å². The van der Waals surface area contributed by atoms with Gasteiger partial charge in [0.25, 0.3) is 0 Å². The van der Waals surface area contributed by atoms with Crippen LogP contribution in [0.15, 0.2) is 0 Å².